The number of carboxylic acid groups (broad SMARTS) is 1. The van der Waals surface area contributed by atoms with Crippen molar-refractivity contribution < 1.29 is 23.8 Å². The van der Waals surface area contributed by atoms with Crippen LogP contribution in [0.3, 0.4) is 0 Å². The van der Waals surface area contributed by atoms with Crippen LogP contribution in [0.15, 0.2) is 47.1 Å². The van der Waals surface area contributed by atoms with Crippen molar-refractivity contribution in [2.24, 2.45) is 5.92 Å². The summed E-state index contributed by atoms with van der Waals surface area (Å²) in [7, 11) is 1.60. The fraction of sp³-hybridized carbons (Fsp3) is 0.400. The van der Waals surface area contributed by atoms with Crippen LogP contribution in [0.1, 0.15) is 43.0 Å². The Morgan fingerprint density at radius 1 is 1.15 bits per heavy atom. The van der Waals surface area contributed by atoms with E-state index in [1.54, 1.807) is 19.4 Å². The molecule has 1 unspecified atom stereocenters. The summed E-state index contributed by atoms with van der Waals surface area (Å²) in [5, 5.41) is 15.0. The Kier molecular flexibility index (Phi) is 6.01. The first-order chi connectivity index (χ1) is 13.1. The molecule has 1 aliphatic rings. The predicted octanol–water partition coefficient (Wildman–Crippen LogP) is 3.32. The average molecular weight is 372 g/mol. The van der Waals surface area contributed by atoms with Crippen LogP contribution >= 0.6 is 0 Å². The van der Waals surface area contributed by atoms with Gasteiger partial charge in [-0.1, -0.05) is 12.1 Å². The van der Waals surface area contributed by atoms with Gasteiger partial charge in [-0.15, -0.1) is 0 Å². The van der Waals surface area contributed by atoms with Crippen LogP contribution in [-0.2, 0) is 4.79 Å². The van der Waals surface area contributed by atoms with Crippen molar-refractivity contribution in [1.82, 2.24) is 10.6 Å². The van der Waals surface area contributed by atoms with Crippen molar-refractivity contribution in [3.8, 4) is 5.75 Å². The van der Waals surface area contributed by atoms with Gasteiger partial charge in [-0.2, -0.15) is 0 Å². The topological polar surface area (TPSA) is 101 Å². The third-order valence-electron chi connectivity index (χ3n) is 4.96. The van der Waals surface area contributed by atoms with Gasteiger partial charge < -0.3 is 24.9 Å². The summed E-state index contributed by atoms with van der Waals surface area (Å²) < 4.78 is 10.7. The standard InChI is InChI=1S/C20H24N2O5/c1-26-16-10-6-13(7-11-16)18(17-3-2-12-27-17)22-20(25)21-15-8-4-14(5-9-15)19(23)24/h2-3,6-7,10-12,14-15,18H,4-5,8-9H2,1H3,(H,23,24)(H2,21,22,25). The second kappa shape index (κ2) is 8.62. The van der Waals surface area contributed by atoms with E-state index < -0.39 is 12.0 Å². The third-order valence-corrected chi connectivity index (χ3v) is 4.96. The van der Waals surface area contributed by atoms with Crippen molar-refractivity contribution in [3.05, 3.63) is 54.0 Å². The molecule has 7 heteroatoms. The normalized spacial score (nSPS) is 20.5. The van der Waals surface area contributed by atoms with Gasteiger partial charge in [-0.05, 0) is 55.5 Å². The van der Waals surface area contributed by atoms with Crippen LogP contribution < -0.4 is 15.4 Å². The van der Waals surface area contributed by atoms with Crippen LogP contribution in [0.2, 0.25) is 0 Å². The molecule has 2 amide bonds. The number of furan rings is 1. The molecule has 0 bridgehead atoms. The van der Waals surface area contributed by atoms with Gasteiger partial charge in [-0.3, -0.25) is 4.79 Å². The van der Waals surface area contributed by atoms with Gasteiger partial charge in [0.25, 0.3) is 0 Å². The zero-order valence-electron chi connectivity index (χ0n) is 15.2. The summed E-state index contributed by atoms with van der Waals surface area (Å²) >= 11 is 0. The number of urea groups is 1. The zero-order valence-corrected chi connectivity index (χ0v) is 15.2. The van der Waals surface area contributed by atoms with Gasteiger partial charge in [0.15, 0.2) is 0 Å². The van der Waals surface area contributed by atoms with E-state index in [2.05, 4.69) is 10.6 Å². The lowest BCUT2D eigenvalue weighted by atomic mass is 9.86. The molecule has 1 aromatic heterocycles. The summed E-state index contributed by atoms with van der Waals surface area (Å²) in [6.07, 6.45) is 4.07. The largest absolute Gasteiger partial charge is 0.497 e. The Morgan fingerprint density at radius 2 is 1.85 bits per heavy atom. The molecule has 1 aliphatic carbocycles. The Bertz CT molecular complexity index is 749. The second-order valence-electron chi connectivity index (χ2n) is 6.73. The monoisotopic (exact) mass is 372 g/mol. The van der Waals surface area contributed by atoms with Gasteiger partial charge in [-0.25, -0.2) is 4.79 Å². The Balaban J connectivity index is 1.64. The van der Waals surface area contributed by atoms with Crippen molar-refractivity contribution in [2.75, 3.05) is 7.11 Å². The Hall–Kier alpha value is -2.96. The molecular weight excluding hydrogens is 348 g/mol. The summed E-state index contributed by atoms with van der Waals surface area (Å²) in [5.41, 5.74) is 0.871. The van der Waals surface area contributed by atoms with Crippen molar-refractivity contribution in [2.45, 2.75) is 37.8 Å². The number of ether oxygens (including phenoxy) is 1. The van der Waals surface area contributed by atoms with E-state index in [4.69, 9.17) is 14.3 Å². The van der Waals surface area contributed by atoms with E-state index in [-0.39, 0.29) is 18.0 Å². The highest BCUT2D eigenvalue weighted by atomic mass is 16.5. The minimum atomic E-state index is -0.754. The maximum absolute atomic E-state index is 12.5. The van der Waals surface area contributed by atoms with E-state index in [1.807, 2.05) is 30.3 Å². The number of rotatable bonds is 6. The molecule has 1 aromatic carbocycles. The smallest absolute Gasteiger partial charge is 0.315 e. The fourth-order valence-corrected chi connectivity index (χ4v) is 3.41. The molecule has 27 heavy (non-hydrogen) atoms. The van der Waals surface area contributed by atoms with E-state index in [9.17, 15) is 9.59 Å². The fourth-order valence-electron chi connectivity index (χ4n) is 3.41. The minimum absolute atomic E-state index is 0.0197. The summed E-state index contributed by atoms with van der Waals surface area (Å²) in [5.74, 6) is 0.304. The highest BCUT2D eigenvalue weighted by molar-refractivity contribution is 5.75. The molecule has 0 radical (unpaired) electrons. The lowest BCUT2D eigenvalue weighted by molar-refractivity contribution is -0.142. The number of carbonyl (C=O) groups excluding carboxylic acids is 1. The number of nitrogens with one attached hydrogen (secondary N) is 2. The third kappa shape index (κ3) is 4.81. The Labute approximate surface area is 157 Å². The van der Waals surface area contributed by atoms with Gasteiger partial charge >= 0.3 is 12.0 Å². The highest BCUT2D eigenvalue weighted by Gasteiger charge is 2.27. The van der Waals surface area contributed by atoms with Crippen LogP contribution in [-0.4, -0.2) is 30.3 Å². The van der Waals surface area contributed by atoms with Crippen LogP contribution in [0.4, 0.5) is 4.79 Å². The molecule has 0 spiro atoms. The van der Waals surface area contributed by atoms with Crippen molar-refractivity contribution in [1.29, 1.82) is 0 Å². The molecule has 0 saturated heterocycles. The molecule has 2 aromatic rings. The molecule has 3 N–H and O–H groups in total. The van der Waals surface area contributed by atoms with E-state index in [0.29, 0.717) is 31.4 Å². The lowest BCUT2D eigenvalue weighted by Gasteiger charge is -2.27. The quantitative estimate of drug-likeness (QED) is 0.722. The molecule has 3 rings (SSSR count). The Morgan fingerprint density at radius 3 is 2.41 bits per heavy atom. The summed E-state index contributed by atoms with van der Waals surface area (Å²) in [6, 6.07) is 10.3. The predicted molar refractivity (Wildman–Crippen MR) is 98.6 cm³/mol. The number of amides is 2. The van der Waals surface area contributed by atoms with Gasteiger partial charge in [0.2, 0.25) is 0 Å². The van der Waals surface area contributed by atoms with E-state index in [1.165, 1.54) is 0 Å². The van der Waals surface area contributed by atoms with Crippen molar-refractivity contribution in [3.63, 3.8) is 0 Å². The molecular formula is C20H24N2O5. The lowest BCUT2D eigenvalue weighted by Crippen LogP contribution is -2.45. The van der Waals surface area contributed by atoms with Gasteiger partial charge in [0.05, 0.1) is 19.3 Å². The highest BCUT2D eigenvalue weighted by Crippen LogP contribution is 2.26. The first-order valence-electron chi connectivity index (χ1n) is 9.04. The van der Waals surface area contributed by atoms with E-state index in [0.717, 1.165) is 11.3 Å². The van der Waals surface area contributed by atoms with Gasteiger partial charge in [0.1, 0.15) is 17.6 Å². The minimum Gasteiger partial charge on any atom is -0.497 e. The number of methoxy groups -OCH3 is 1. The molecule has 1 heterocycles. The number of hydrogen-bond acceptors (Lipinski definition) is 4. The number of carbonyl (C=O) groups is 2. The second-order valence-corrected chi connectivity index (χ2v) is 6.73. The van der Waals surface area contributed by atoms with Crippen LogP contribution in [0.25, 0.3) is 0 Å². The van der Waals surface area contributed by atoms with E-state index >= 15 is 0 Å². The molecule has 144 valence electrons. The molecule has 1 fully saturated rings. The van der Waals surface area contributed by atoms with Crippen LogP contribution in [0.5, 0.6) is 5.75 Å². The molecule has 7 nitrogen and oxygen atoms in total. The number of carboxylic acids is 1. The number of benzene rings is 1. The number of aliphatic carboxylic acids is 1. The van der Waals surface area contributed by atoms with Gasteiger partial charge in [0, 0.05) is 6.04 Å². The first kappa shape index (κ1) is 18.8. The summed E-state index contributed by atoms with van der Waals surface area (Å²) in [4.78, 5) is 23.6. The maximum Gasteiger partial charge on any atom is 0.315 e. The number of hydrogen-bond donors (Lipinski definition) is 3. The molecule has 0 aliphatic heterocycles. The van der Waals surface area contributed by atoms with Crippen LogP contribution in [0, 0.1) is 5.92 Å². The molecule has 1 atom stereocenters. The average Bonchev–Trinajstić information content (AvgIpc) is 3.21. The first-order valence-corrected chi connectivity index (χ1v) is 9.04. The zero-order chi connectivity index (χ0) is 19.2. The maximum atomic E-state index is 12.5. The summed E-state index contributed by atoms with van der Waals surface area (Å²) in [6.45, 7) is 0. The van der Waals surface area contributed by atoms with Crippen molar-refractivity contribution >= 4 is 12.0 Å². The molecule has 1 saturated carbocycles. The SMILES string of the molecule is COc1ccc(C(NC(=O)NC2CCC(C(=O)O)CC2)c2ccco2)cc1.